The first-order valence-electron chi connectivity index (χ1n) is 5.89. The molecule has 84 valence electrons. The minimum Gasteiger partial charge on any atom is -0.314 e. The molecule has 1 saturated heterocycles. The van der Waals surface area contributed by atoms with Gasteiger partial charge in [-0.25, -0.2) is 0 Å². The lowest BCUT2D eigenvalue weighted by Gasteiger charge is -2.27. The molecule has 0 bridgehead atoms. The van der Waals surface area contributed by atoms with Crippen molar-refractivity contribution in [3.8, 4) is 0 Å². The Morgan fingerprint density at radius 3 is 2.57 bits per heavy atom. The Balaban J connectivity index is 2.11. The van der Waals surface area contributed by atoms with Crippen molar-refractivity contribution in [2.75, 3.05) is 26.7 Å². The van der Waals surface area contributed by atoms with Gasteiger partial charge in [-0.05, 0) is 44.8 Å². The molecular weight excluding hydrogens is 172 g/mol. The van der Waals surface area contributed by atoms with Gasteiger partial charge in [0.25, 0.3) is 0 Å². The summed E-state index contributed by atoms with van der Waals surface area (Å²) in [5.74, 6) is 0. The standard InChI is InChI=1S/C12H26N2/c1-12(2,3)10-14(4)9-7-11-6-5-8-13-11/h11,13H,5-10H2,1-4H3. The molecule has 0 saturated carbocycles. The first kappa shape index (κ1) is 12.0. The molecule has 0 spiro atoms. The number of nitrogens with one attached hydrogen (secondary N) is 1. The Labute approximate surface area is 89.1 Å². The Hall–Kier alpha value is -0.0800. The highest BCUT2D eigenvalue weighted by Crippen LogP contribution is 2.15. The fourth-order valence-electron chi connectivity index (χ4n) is 2.27. The van der Waals surface area contributed by atoms with E-state index in [0.29, 0.717) is 5.41 Å². The van der Waals surface area contributed by atoms with Crippen molar-refractivity contribution < 1.29 is 0 Å². The Bertz CT molecular complexity index is 154. The number of rotatable bonds is 4. The minimum absolute atomic E-state index is 0.428. The summed E-state index contributed by atoms with van der Waals surface area (Å²) in [6.07, 6.45) is 4.06. The molecule has 1 N–H and O–H groups in total. The van der Waals surface area contributed by atoms with Gasteiger partial charge in [0.1, 0.15) is 0 Å². The maximum absolute atomic E-state index is 3.55. The average Bonchev–Trinajstić information content (AvgIpc) is 2.49. The molecule has 1 heterocycles. The molecule has 2 nitrogen and oxygen atoms in total. The summed E-state index contributed by atoms with van der Waals surface area (Å²) in [6.45, 7) is 10.6. The van der Waals surface area contributed by atoms with E-state index < -0.39 is 0 Å². The zero-order chi connectivity index (χ0) is 10.6. The molecule has 2 heteroatoms. The summed E-state index contributed by atoms with van der Waals surface area (Å²) in [6, 6.07) is 0.789. The molecule has 0 aromatic carbocycles. The minimum atomic E-state index is 0.428. The normalized spacial score (nSPS) is 23.4. The van der Waals surface area contributed by atoms with Gasteiger partial charge in [0.15, 0.2) is 0 Å². The molecular formula is C12H26N2. The van der Waals surface area contributed by atoms with E-state index in [-0.39, 0.29) is 0 Å². The molecule has 0 radical (unpaired) electrons. The Kier molecular flexibility index (Phi) is 4.39. The molecule has 1 aliphatic heterocycles. The number of hydrogen-bond donors (Lipinski definition) is 1. The van der Waals surface area contributed by atoms with Gasteiger partial charge in [-0.1, -0.05) is 20.8 Å². The summed E-state index contributed by atoms with van der Waals surface area (Å²) in [4.78, 5) is 2.46. The lowest BCUT2D eigenvalue weighted by molar-refractivity contribution is 0.219. The van der Waals surface area contributed by atoms with Crippen molar-refractivity contribution in [1.82, 2.24) is 10.2 Å². The van der Waals surface area contributed by atoms with Gasteiger partial charge in [0.05, 0.1) is 0 Å². The van der Waals surface area contributed by atoms with Gasteiger partial charge in [-0.3, -0.25) is 0 Å². The second kappa shape index (κ2) is 5.13. The predicted octanol–water partition coefficient (Wildman–Crippen LogP) is 2.11. The van der Waals surface area contributed by atoms with Crippen LogP contribution in [-0.4, -0.2) is 37.6 Å². The fraction of sp³-hybridized carbons (Fsp3) is 1.00. The third-order valence-corrected chi connectivity index (χ3v) is 2.77. The average molecular weight is 198 g/mol. The van der Waals surface area contributed by atoms with Crippen LogP contribution in [-0.2, 0) is 0 Å². The molecule has 1 fully saturated rings. The highest BCUT2D eigenvalue weighted by molar-refractivity contribution is 4.76. The van der Waals surface area contributed by atoms with E-state index >= 15 is 0 Å². The Morgan fingerprint density at radius 2 is 2.07 bits per heavy atom. The molecule has 1 atom stereocenters. The van der Waals surface area contributed by atoms with Crippen LogP contribution in [0.3, 0.4) is 0 Å². The van der Waals surface area contributed by atoms with E-state index in [9.17, 15) is 0 Å². The quantitative estimate of drug-likeness (QED) is 0.744. The van der Waals surface area contributed by atoms with Crippen molar-refractivity contribution in [3.05, 3.63) is 0 Å². The van der Waals surface area contributed by atoms with Crippen molar-refractivity contribution in [3.63, 3.8) is 0 Å². The summed E-state index contributed by atoms with van der Waals surface area (Å²) >= 11 is 0. The van der Waals surface area contributed by atoms with Crippen molar-refractivity contribution >= 4 is 0 Å². The second-order valence-electron chi connectivity index (χ2n) is 5.88. The van der Waals surface area contributed by atoms with Crippen LogP contribution in [0.4, 0.5) is 0 Å². The van der Waals surface area contributed by atoms with Crippen molar-refractivity contribution in [2.24, 2.45) is 5.41 Å². The Morgan fingerprint density at radius 1 is 1.36 bits per heavy atom. The van der Waals surface area contributed by atoms with Crippen LogP contribution < -0.4 is 5.32 Å². The van der Waals surface area contributed by atoms with E-state index in [1.165, 1.54) is 38.9 Å². The van der Waals surface area contributed by atoms with Gasteiger partial charge in [-0.2, -0.15) is 0 Å². The molecule has 1 rings (SSSR count). The summed E-state index contributed by atoms with van der Waals surface area (Å²) in [7, 11) is 2.24. The lowest BCUT2D eigenvalue weighted by atomic mass is 9.96. The second-order valence-corrected chi connectivity index (χ2v) is 5.88. The van der Waals surface area contributed by atoms with Gasteiger partial charge in [0, 0.05) is 12.6 Å². The van der Waals surface area contributed by atoms with E-state index in [0.717, 1.165) is 6.04 Å². The number of nitrogens with zero attached hydrogens (tertiary/aromatic N) is 1. The van der Waals surface area contributed by atoms with Gasteiger partial charge < -0.3 is 10.2 Å². The first-order chi connectivity index (χ1) is 6.47. The molecule has 14 heavy (non-hydrogen) atoms. The van der Waals surface area contributed by atoms with Gasteiger partial charge >= 0.3 is 0 Å². The SMILES string of the molecule is CN(CCC1CCCN1)CC(C)(C)C. The van der Waals surface area contributed by atoms with Crippen LogP contribution >= 0.6 is 0 Å². The zero-order valence-electron chi connectivity index (χ0n) is 10.3. The van der Waals surface area contributed by atoms with Crippen LogP contribution in [0.5, 0.6) is 0 Å². The van der Waals surface area contributed by atoms with Crippen LogP contribution in [0.1, 0.15) is 40.0 Å². The van der Waals surface area contributed by atoms with E-state index in [1.54, 1.807) is 0 Å². The van der Waals surface area contributed by atoms with E-state index in [1.807, 2.05) is 0 Å². The van der Waals surface area contributed by atoms with Crippen molar-refractivity contribution in [1.29, 1.82) is 0 Å². The molecule has 0 aromatic rings. The molecule has 1 unspecified atom stereocenters. The van der Waals surface area contributed by atoms with E-state index in [4.69, 9.17) is 0 Å². The summed E-state index contributed by atoms with van der Waals surface area (Å²) < 4.78 is 0. The fourth-order valence-corrected chi connectivity index (χ4v) is 2.27. The maximum Gasteiger partial charge on any atom is 0.00797 e. The summed E-state index contributed by atoms with van der Waals surface area (Å²) in [5, 5.41) is 3.55. The van der Waals surface area contributed by atoms with Crippen molar-refractivity contribution in [2.45, 2.75) is 46.1 Å². The maximum atomic E-state index is 3.55. The molecule has 0 aromatic heterocycles. The topological polar surface area (TPSA) is 15.3 Å². The van der Waals surface area contributed by atoms with E-state index in [2.05, 4.69) is 38.0 Å². The highest BCUT2D eigenvalue weighted by atomic mass is 15.1. The van der Waals surface area contributed by atoms with Gasteiger partial charge in [-0.15, -0.1) is 0 Å². The lowest BCUT2D eigenvalue weighted by Crippen LogP contribution is -2.33. The monoisotopic (exact) mass is 198 g/mol. The predicted molar refractivity (Wildman–Crippen MR) is 62.6 cm³/mol. The van der Waals surface area contributed by atoms with Crippen LogP contribution in [0, 0.1) is 5.41 Å². The highest BCUT2D eigenvalue weighted by Gasteiger charge is 2.17. The smallest absolute Gasteiger partial charge is 0.00797 e. The number of hydrogen-bond acceptors (Lipinski definition) is 2. The molecule has 0 aliphatic carbocycles. The van der Waals surface area contributed by atoms with Gasteiger partial charge in [0.2, 0.25) is 0 Å². The largest absolute Gasteiger partial charge is 0.314 e. The summed E-state index contributed by atoms with van der Waals surface area (Å²) in [5.41, 5.74) is 0.428. The molecule has 0 amide bonds. The van der Waals surface area contributed by atoms with Crippen LogP contribution in [0.15, 0.2) is 0 Å². The zero-order valence-corrected chi connectivity index (χ0v) is 10.3. The first-order valence-corrected chi connectivity index (χ1v) is 5.89. The van der Waals surface area contributed by atoms with Crippen LogP contribution in [0.25, 0.3) is 0 Å². The third kappa shape index (κ3) is 4.97. The van der Waals surface area contributed by atoms with Crippen LogP contribution in [0.2, 0.25) is 0 Å². The molecule has 1 aliphatic rings. The third-order valence-electron chi connectivity index (χ3n) is 2.77.